The van der Waals surface area contributed by atoms with Gasteiger partial charge in [0.25, 0.3) is 0 Å². The van der Waals surface area contributed by atoms with Crippen LogP contribution in [0.2, 0.25) is 0 Å². The van der Waals surface area contributed by atoms with Crippen LogP contribution in [0.1, 0.15) is 27.2 Å². The van der Waals surface area contributed by atoms with Gasteiger partial charge in [-0.2, -0.15) is 0 Å². The Hall–Kier alpha value is -0.0800. The van der Waals surface area contributed by atoms with Crippen molar-refractivity contribution in [2.75, 3.05) is 19.7 Å². The SMILES string of the molecule is C[C@@H]1CCN(CCO)C1(C)C. The Morgan fingerprint density at radius 1 is 1.55 bits per heavy atom. The second-order valence-corrected chi connectivity index (χ2v) is 4.05. The van der Waals surface area contributed by atoms with Crippen LogP contribution in [-0.4, -0.2) is 35.2 Å². The number of hydrogen-bond acceptors (Lipinski definition) is 2. The van der Waals surface area contributed by atoms with Gasteiger partial charge in [0.15, 0.2) is 0 Å². The van der Waals surface area contributed by atoms with Crippen LogP contribution in [0.3, 0.4) is 0 Å². The molecule has 0 aromatic rings. The quantitative estimate of drug-likeness (QED) is 0.649. The maximum atomic E-state index is 8.80. The predicted molar refractivity (Wildman–Crippen MR) is 46.5 cm³/mol. The second-order valence-electron chi connectivity index (χ2n) is 4.05. The molecule has 1 saturated heterocycles. The summed E-state index contributed by atoms with van der Waals surface area (Å²) >= 11 is 0. The maximum Gasteiger partial charge on any atom is 0.0558 e. The first-order valence-electron chi connectivity index (χ1n) is 4.45. The minimum atomic E-state index is 0.288. The van der Waals surface area contributed by atoms with Crippen molar-refractivity contribution in [1.29, 1.82) is 0 Å². The number of aliphatic hydroxyl groups is 1. The van der Waals surface area contributed by atoms with Crippen LogP contribution in [0.25, 0.3) is 0 Å². The summed E-state index contributed by atoms with van der Waals surface area (Å²) in [6, 6.07) is 0. The molecule has 0 bridgehead atoms. The van der Waals surface area contributed by atoms with Crippen LogP contribution < -0.4 is 0 Å². The van der Waals surface area contributed by atoms with E-state index in [-0.39, 0.29) is 6.61 Å². The van der Waals surface area contributed by atoms with Gasteiger partial charge >= 0.3 is 0 Å². The molecule has 0 aromatic heterocycles. The Kier molecular flexibility index (Phi) is 2.55. The molecule has 0 spiro atoms. The number of likely N-dealkylation sites (tertiary alicyclic amines) is 1. The molecule has 1 aliphatic rings. The van der Waals surface area contributed by atoms with Gasteiger partial charge in [0.05, 0.1) is 6.61 Å². The fraction of sp³-hybridized carbons (Fsp3) is 1.00. The van der Waals surface area contributed by atoms with E-state index in [4.69, 9.17) is 5.11 Å². The van der Waals surface area contributed by atoms with Crippen molar-refractivity contribution in [3.8, 4) is 0 Å². The molecule has 2 nitrogen and oxygen atoms in total. The molecule has 0 radical (unpaired) electrons. The van der Waals surface area contributed by atoms with Crippen molar-refractivity contribution in [2.24, 2.45) is 5.92 Å². The summed E-state index contributed by atoms with van der Waals surface area (Å²) in [5.74, 6) is 0.758. The van der Waals surface area contributed by atoms with E-state index in [1.807, 2.05) is 0 Å². The summed E-state index contributed by atoms with van der Waals surface area (Å²) in [7, 11) is 0. The number of nitrogens with zero attached hydrogens (tertiary/aromatic N) is 1. The first-order chi connectivity index (χ1) is 5.09. The highest BCUT2D eigenvalue weighted by Crippen LogP contribution is 2.33. The molecular formula is C9H19NO. The van der Waals surface area contributed by atoms with E-state index in [0.717, 1.165) is 19.0 Å². The van der Waals surface area contributed by atoms with Gasteiger partial charge in [0.2, 0.25) is 0 Å². The predicted octanol–water partition coefficient (Wildman–Crippen LogP) is 1.10. The Labute approximate surface area is 69.2 Å². The summed E-state index contributed by atoms with van der Waals surface area (Å²) in [5, 5.41) is 8.80. The molecule has 1 heterocycles. The fourth-order valence-corrected chi connectivity index (χ4v) is 1.82. The highest BCUT2D eigenvalue weighted by molar-refractivity contribution is 4.92. The molecule has 1 rings (SSSR count). The van der Waals surface area contributed by atoms with Crippen molar-refractivity contribution in [3.63, 3.8) is 0 Å². The van der Waals surface area contributed by atoms with Crippen LogP contribution >= 0.6 is 0 Å². The molecule has 1 N–H and O–H groups in total. The Balaban J connectivity index is 2.55. The number of β-amino-alcohol motifs (C(OH)–C–C–N with tert-alkyl or cyclic N) is 1. The van der Waals surface area contributed by atoms with E-state index in [9.17, 15) is 0 Å². The van der Waals surface area contributed by atoms with Gasteiger partial charge < -0.3 is 5.11 Å². The minimum Gasteiger partial charge on any atom is -0.395 e. The topological polar surface area (TPSA) is 23.5 Å². The van der Waals surface area contributed by atoms with Gasteiger partial charge in [0, 0.05) is 12.1 Å². The summed E-state index contributed by atoms with van der Waals surface area (Å²) in [6.07, 6.45) is 1.27. The number of rotatable bonds is 2. The molecule has 1 fully saturated rings. The maximum absolute atomic E-state index is 8.80. The van der Waals surface area contributed by atoms with Crippen LogP contribution in [0.4, 0.5) is 0 Å². The molecule has 66 valence electrons. The van der Waals surface area contributed by atoms with E-state index in [0.29, 0.717) is 5.54 Å². The van der Waals surface area contributed by atoms with Gasteiger partial charge in [-0.3, -0.25) is 4.90 Å². The summed E-state index contributed by atoms with van der Waals surface area (Å²) in [5.41, 5.74) is 0.294. The standard InChI is InChI=1S/C9H19NO/c1-8-4-5-10(6-7-11)9(8,2)3/h8,11H,4-7H2,1-3H3/t8-/m1/s1. The van der Waals surface area contributed by atoms with E-state index < -0.39 is 0 Å². The largest absolute Gasteiger partial charge is 0.395 e. The van der Waals surface area contributed by atoms with E-state index in [2.05, 4.69) is 25.7 Å². The lowest BCUT2D eigenvalue weighted by Crippen LogP contribution is -2.43. The minimum absolute atomic E-state index is 0.288. The highest BCUT2D eigenvalue weighted by Gasteiger charge is 2.37. The average molecular weight is 157 g/mol. The molecule has 0 saturated carbocycles. The Morgan fingerprint density at radius 2 is 2.18 bits per heavy atom. The smallest absolute Gasteiger partial charge is 0.0558 e. The van der Waals surface area contributed by atoms with Gasteiger partial charge in [-0.15, -0.1) is 0 Å². The van der Waals surface area contributed by atoms with E-state index in [1.165, 1.54) is 6.42 Å². The molecule has 0 amide bonds. The molecular weight excluding hydrogens is 138 g/mol. The average Bonchev–Trinajstić information content (AvgIpc) is 2.16. The molecule has 0 aromatic carbocycles. The number of hydrogen-bond donors (Lipinski definition) is 1. The van der Waals surface area contributed by atoms with Gasteiger partial charge in [-0.05, 0) is 32.7 Å². The Morgan fingerprint density at radius 3 is 2.55 bits per heavy atom. The number of aliphatic hydroxyl groups excluding tert-OH is 1. The first kappa shape index (κ1) is 9.01. The van der Waals surface area contributed by atoms with Crippen molar-refractivity contribution in [2.45, 2.75) is 32.7 Å². The fourth-order valence-electron chi connectivity index (χ4n) is 1.82. The molecule has 11 heavy (non-hydrogen) atoms. The van der Waals surface area contributed by atoms with Crippen molar-refractivity contribution in [1.82, 2.24) is 4.90 Å². The van der Waals surface area contributed by atoms with Crippen molar-refractivity contribution in [3.05, 3.63) is 0 Å². The Bertz CT molecular complexity index is 132. The summed E-state index contributed by atoms with van der Waals surface area (Å²) in [6.45, 7) is 9.08. The lowest BCUT2D eigenvalue weighted by atomic mass is 9.90. The van der Waals surface area contributed by atoms with Crippen LogP contribution in [0.5, 0.6) is 0 Å². The zero-order valence-electron chi connectivity index (χ0n) is 7.80. The zero-order valence-corrected chi connectivity index (χ0v) is 7.80. The molecule has 1 aliphatic heterocycles. The molecule has 1 atom stereocenters. The normalized spacial score (nSPS) is 31.1. The third-order valence-corrected chi connectivity index (χ3v) is 3.22. The van der Waals surface area contributed by atoms with E-state index >= 15 is 0 Å². The first-order valence-corrected chi connectivity index (χ1v) is 4.45. The summed E-state index contributed by atoms with van der Waals surface area (Å²) < 4.78 is 0. The van der Waals surface area contributed by atoms with Gasteiger partial charge in [0.1, 0.15) is 0 Å². The highest BCUT2D eigenvalue weighted by atomic mass is 16.3. The van der Waals surface area contributed by atoms with E-state index in [1.54, 1.807) is 0 Å². The zero-order chi connectivity index (χ0) is 8.48. The lowest BCUT2D eigenvalue weighted by Gasteiger charge is -2.34. The van der Waals surface area contributed by atoms with Crippen LogP contribution in [0, 0.1) is 5.92 Å². The van der Waals surface area contributed by atoms with Crippen molar-refractivity contribution >= 4 is 0 Å². The monoisotopic (exact) mass is 157 g/mol. The molecule has 0 aliphatic carbocycles. The lowest BCUT2D eigenvalue weighted by molar-refractivity contribution is 0.115. The third kappa shape index (κ3) is 1.57. The van der Waals surface area contributed by atoms with Gasteiger partial charge in [-0.25, -0.2) is 0 Å². The van der Waals surface area contributed by atoms with Crippen LogP contribution in [0.15, 0.2) is 0 Å². The molecule has 0 unspecified atom stereocenters. The van der Waals surface area contributed by atoms with Crippen molar-refractivity contribution < 1.29 is 5.11 Å². The van der Waals surface area contributed by atoms with Crippen LogP contribution in [-0.2, 0) is 0 Å². The second kappa shape index (κ2) is 3.11. The van der Waals surface area contributed by atoms with Gasteiger partial charge in [-0.1, -0.05) is 6.92 Å². The summed E-state index contributed by atoms with van der Waals surface area (Å²) in [4.78, 5) is 2.37. The molecule has 2 heteroatoms. The third-order valence-electron chi connectivity index (χ3n) is 3.22.